The van der Waals surface area contributed by atoms with Crippen molar-refractivity contribution in [1.29, 1.82) is 0 Å². The maximum atomic E-state index is 11.8. The van der Waals surface area contributed by atoms with Gasteiger partial charge in [-0.2, -0.15) is 4.37 Å². The minimum Gasteiger partial charge on any atom is -0.381 e. The Bertz CT molecular complexity index is 1250. The number of amides is 1. The van der Waals surface area contributed by atoms with Crippen molar-refractivity contribution in [1.82, 2.24) is 14.3 Å². The van der Waals surface area contributed by atoms with E-state index in [1.165, 1.54) is 17.1 Å². The predicted octanol–water partition coefficient (Wildman–Crippen LogP) is 4.21. The summed E-state index contributed by atoms with van der Waals surface area (Å²) in [4.78, 5) is 22.4. The topological polar surface area (TPSA) is 106 Å². The second kappa shape index (κ2) is 8.31. The van der Waals surface area contributed by atoms with Crippen LogP contribution in [0.1, 0.15) is 34.5 Å². The highest BCUT2D eigenvalue weighted by Gasteiger charge is 2.21. The summed E-state index contributed by atoms with van der Waals surface area (Å²) in [5.74, 6) is 0.921. The molecule has 1 aliphatic rings. The molecule has 0 spiro atoms. The van der Waals surface area contributed by atoms with Gasteiger partial charge in [-0.3, -0.25) is 4.79 Å². The van der Waals surface area contributed by atoms with Crippen LogP contribution in [-0.4, -0.2) is 26.8 Å². The molecule has 4 aromatic rings. The third-order valence-corrected chi connectivity index (χ3v) is 6.27. The van der Waals surface area contributed by atoms with Crippen molar-refractivity contribution in [3.05, 3.63) is 65.4 Å². The summed E-state index contributed by atoms with van der Waals surface area (Å²) in [6.45, 7) is 1.57. The van der Waals surface area contributed by atoms with Crippen LogP contribution in [0.4, 0.5) is 11.5 Å². The van der Waals surface area contributed by atoms with Crippen LogP contribution in [0.15, 0.2) is 48.5 Å². The number of nitrogens with one attached hydrogen (secondary N) is 2. The lowest BCUT2D eigenvalue weighted by molar-refractivity contribution is 0.100. The maximum absolute atomic E-state index is 11.8. The molecule has 0 saturated heterocycles. The Morgan fingerprint density at radius 3 is 2.81 bits per heavy atom. The van der Waals surface area contributed by atoms with Crippen LogP contribution in [-0.2, 0) is 13.0 Å². The number of anilines is 2. The number of rotatable bonds is 5. The fourth-order valence-electron chi connectivity index (χ4n) is 3.84. The summed E-state index contributed by atoms with van der Waals surface area (Å²) < 4.78 is 4.49. The van der Waals surface area contributed by atoms with Crippen molar-refractivity contribution in [3.63, 3.8) is 0 Å². The minimum atomic E-state index is -0.486. The molecule has 31 heavy (non-hydrogen) atoms. The smallest absolute Gasteiger partial charge is 0.250 e. The first-order valence-electron chi connectivity index (χ1n) is 10.3. The molecule has 2 aromatic carbocycles. The summed E-state index contributed by atoms with van der Waals surface area (Å²) in [6.07, 6.45) is 3.06. The number of hydrogen-bond acceptors (Lipinski definition) is 7. The summed E-state index contributed by atoms with van der Waals surface area (Å²) in [5, 5.41) is 7.84. The number of hydrogen-bond donors (Lipinski definition) is 3. The number of fused-ring (bicyclic) bond motifs is 2. The summed E-state index contributed by atoms with van der Waals surface area (Å²) in [6, 6.07) is 15.7. The molecule has 0 radical (unpaired) electrons. The molecule has 0 unspecified atom stereocenters. The zero-order valence-corrected chi connectivity index (χ0v) is 17.7. The fourth-order valence-corrected chi connectivity index (χ4v) is 4.66. The molecule has 7 nitrogen and oxygen atoms in total. The van der Waals surface area contributed by atoms with Crippen LogP contribution in [0, 0.1) is 0 Å². The number of primary amides is 1. The van der Waals surface area contributed by atoms with Crippen LogP contribution in [0.5, 0.6) is 0 Å². The Kier molecular flexibility index (Phi) is 5.21. The maximum Gasteiger partial charge on any atom is 0.250 e. The first-order valence-corrected chi connectivity index (χ1v) is 11.1. The standard InChI is InChI=1S/C23H22N6OS/c24-21(30)16-10-6-9-15-18(16)29-31-20(15)23-27-17-11-4-5-12-25-19(17)22(28-23)26-13-14-7-2-1-3-8-14/h1-3,6-10,25H,4-5,11-13H2,(H2,24,30)(H,26,27,28). The lowest BCUT2D eigenvalue weighted by Crippen LogP contribution is -2.11. The van der Waals surface area contributed by atoms with Gasteiger partial charge in [0, 0.05) is 18.5 Å². The second-order valence-corrected chi connectivity index (χ2v) is 8.29. The summed E-state index contributed by atoms with van der Waals surface area (Å²) in [5.41, 5.74) is 9.71. The molecular weight excluding hydrogens is 408 g/mol. The van der Waals surface area contributed by atoms with Crippen LogP contribution >= 0.6 is 11.5 Å². The number of aromatic nitrogens is 3. The van der Waals surface area contributed by atoms with Gasteiger partial charge >= 0.3 is 0 Å². The lowest BCUT2D eigenvalue weighted by Gasteiger charge is -2.15. The highest BCUT2D eigenvalue weighted by molar-refractivity contribution is 7.11. The molecular formula is C23H22N6OS. The SMILES string of the molecule is NC(=O)c1cccc2c(-c3nc4c(c(NCc5ccccc5)n3)NCCCC4)snc12. The quantitative estimate of drug-likeness (QED) is 0.438. The first kappa shape index (κ1) is 19.4. The van der Waals surface area contributed by atoms with E-state index in [1.807, 2.05) is 30.3 Å². The number of benzene rings is 2. The summed E-state index contributed by atoms with van der Waals surface area (Å²) >= 11 is 1.30. The van der Waals surface area contributed by atoms with E-state index in [0.29, 0.717) is 23.4 Å². The van der Waals surface area contributed by atoms with Crippen molar-refractivity contribution in [2.24, 2.45) is 5.73 Å². The highest BCUT2D eigenvalue weighted by atomic mass is 32.1. The average molecular weight is 431 g/mol. The molecule has 0 saturated carbocycles. The van der Waals surface area contributed by atoms with E-state index < -0.39 is 5.91 Å². The van der Waals surface area contributed by atoms with Crippen molar-refractivity contribution < 1.29 is 4.79 Å². The van der Waals surface area contributed by atoms with Gasteiger partial charge in [0.05, 0.1) is 22.5 Å². The molecule has 5 rings (SSSR count). The minimum absolute atomic E-state index is 0.416. The van der Waals surface area contributed by atoms with Gasteiger partial charge in [0.25, 0.3) is 5.91 Å². The Balaban J connectivity index is 1.59. The number of aryl methyl sites for hydroxylation is 1. The highest BCUT2D eigenvalue weighted by Crippen LogP contribution is 2.36. The van der Waals surface area contributed by atoms with Gasteiger partial charge in [-0.05, 0) is 42.4 Å². The number of carbonyl (C=O) groups is 1. The van der Waals surface area contributed by atoms with Gasteiger partial charge in [-0.25, -0.2) is 9.97 Å². The zero-order chi connectivity index (χ0) is 21.2. The van der Waals surface area contributed by atoms with E-state index in [9.17, 15) is 4.79 Å². The van der Waals surface area contributed by atoms with Crippen molar-refractivity contribution in [3.8, 4) is 10.7 Å². The zero-order valence-electron chi connectivity index (χ0n) is 16.9. The van der Waals surface area contributed by atoms with Crippen LogP contribution in [0.2, 0.25) is 0 Å². The molecule has 156 valence electrons. The lowest BCUT2D eigenvalue weighted by atomic mass is 10.1. The second-order valence-electron chi connectivity index (χ2n) is 7.52. The number of carbonyl (C=O) groups excluding carboxylic acids is 1. The third kappa shape index (κ3) is 3.82. The normalized spacial score (nSPS) is 13.3. The van der Waals surface area contributed by atoms with E-state index >= 15 is 0 Å². The van der Waals surface area contributed by atoms with E-state index in [-0.39, 0.29) is 0 Å². The van der Waals surface area contributed by atoms with Gasteiger partial charge in [0.1, 0.15) is 4.88 Å². The molecule has 0 fully saturated rings. The predicted molar refractivity (Wildman–Crippen MR) is 124 cm³/mol. The van der Waals surface area contributed by atoms with Crippen LogP contribution < -0.4 is 16.4 Å². The van der Waals surface area contributed by atoms with Crippen LogP contribution in [0.3, 0.4) is 0 Å². The average Bonchev–Trinajstić information content (AvgIpc) is 3.08. The van der Waals surface area contributed by atoms with E-state index in [4.69, 9.17) is 15.7 Å². The van der Waals surface area contributed by atoms with Crippen molar-refractivity contribution in [2.75, 3.05) is 17.2 Å². The molecule has 4 N–H and O–H groups in total. The van der Waals surface area contributed by atoms with Crippen molar-refractivity contribution in [2.45, 2.75) is 25.8 Å². The Labute approximate surface area is 183 Å². The molecule has 8 heteroatoms. The number of nitrogens with zero attached hydrogens (tertiary/aromatic N) is 3. The summed E-state index contributed by atoms with van der Waals surface area (Å²) in [7, 11) is 0. The van der Waals surface area contributed by atoms with E-state index in [1.54, 1.807) is 6.07 Å². The van der Waals surface area contributed by atoms with Gasteiger partial charge in [0.2, 0.25) is 0 Å². The molecule has 3 heterocycles. The molecule has 0 aliphatic carbocycles. The van der Waals surface area contributed by atoms with E-state index in [2.05, 4.69) is 27.1 Å². The largest absolute Gasteiger partial charge is 0.381 e. The first-order chi connectivity index (χ1) is 15.2. The molecule has 1 aliphatic heterocycles. The molecule has 0 bridgehead atoms. The third-order valence-electron chi connectivity index (χ3n) is 5.41. The van der Waals surface area contributed by atoms with E-state index in [0.717, 1.165) is 53.3 Å². The monoisotopic (exact) mass is 430 g/mol. The Hall–Kier alpha value is -3.52. The van der Waals surface area contributed by atoms with Crippen LogP contribution in [0.25, 0.3) is 21.6 Å². The Morgan fingerprint density at radius 2 is 1.97 bits per heavy atom. The Morgan fingerprint density at radius 1 is 1.10 bits per heavy atom. The molecule has 1 amide bonds. The fraction of sp³-hybridized carbons (Fsp3) is 0.217. The van der Waals surface area contributed by atoms with Gasteiger partial charge in [0.15, 0.2) is 11.6 Å². The van der Waals surface area contributed by atoms with Gasteiger partial charge in [-0.15, -0.1) is 0 Å². The molecule has 2 aromatic heterocycles. The van der Waals surface area contributed by atoms with Gasteiger partial charge < -0.3 is 16.4 Å². The molecule has 0 atom stereocenters. The van der Waals surface area contributed by atoms with Crippen molar-refractivity contribution >= 4 is 39.8 Å². The number of nitrogens with two attached hydrogens (primary N) is 1. The van der Waals surface area contributed by atoms with Gasteiger partial charge in [-0.1, -0.05) is 42.5 Å².